The number of rotatable bonds is 6. The third kappa shape index (κ3) is 4.08. The maximum absolute atomic E-state index is 6.03. The smallest absolute Gasteiger partial charge is 0.130 e. The largest absolute Gasteiger partial charge is 0.457 e. The zero-order chi connectivity index (χ0) is 15.2. The first-order chi connectivity index (χ1) is 10.1. The van der Waals surface area contributed by atoms with E-state index in [1.165, 1.54) is 22.3 Å². The van der Waals surface area contributed by atoms with Crippen molar-refractivity contribution in [2.45, 2.75) is 40.7 Å². The average Bonchev–Trinajstić information content (AvgIpc) is 2.46. The fourth-order valence-corrected chi connectivity index (χ4v) is 2.29. The number of nitrogens with one attached hydrogen (secondary N) is 1. The second kappa shape index (κ2) is 7.28. The van der Waals surface area contributed by atoms with Gasteiger partial charge < -0.3 is 10.1 Å². The quantitative estimate of drug-likeness (QED) is 0.761. The third-order valence-corrected chi connectivity index (χ3v) is 3.84. The lowest BCUT2D eigenvalue weighted by Crippen LogP contribution is -2.14. The van der Waals surface area contributed by atoms with Crippen LogP contribution in [-0.2, 0) is 6.54 Å². The van der Waals surface area contributed by atoms with Crippen LogP contribution in [0.4, 0.5) is 0 Å². The molecule has 0 saturated heterocycles. The summed E-state index contributed by atoms with van der Waals surface area (Å²) in [6.45, 7) is 10.5. The molecular weight excluding hydrogens is 258 g/mol. The van der Waals surface area contributed by atoms with Gasteiger partial charge in [0.25, 0.3) is 0 Å². The predicted molar refractivity (Wildman–Crippen MR) is 89.2 cm³/mol. The van der Waals surface area contributed by atoms with E-state index in [2.05, 4.69) is 57.3 Å². The van der Waals surface area contributed by atoms with Crippen molar-refractivity contribution in [1.29, 1.82) is 0 Å². The summed E-state index contributed by atoms with van der Waals surface area (Å²) in [6, 6.07) is 12.5. The van der Waals surface area contributed by atoms with Gasteiger partial charge in [0, 0.05) is 6.54 Å². The van der Waals surface area contributed by atoms with Gasteiger partial charge in [-0.2, -0.15) is 0 Å². The summed E-state index contributed by atoms with van der Waals surface area (Å²) in [5.74, 6) is 1.84. The molecule has 0 saturated carbocycles. The van der Waals surface area contributed by atoms with Crippen molar-refractivity contribution in [1.82, 2.24) is 5.32 Å². The standard InChI is InChI=1S/C19H25NO/c1-5-11-20-13-17-9-10-18(12-15(17)3)21-19-8-6-7-14(2)16(19)4/h6-10,12,20H,5,11,13H2,1-4H3. The monoisotopic (exact) mass is 283 g/mol. The summed E-state index contributed by atoms with van der Waals surface area (Å²) in [4.78, 5) is 0. The molecule has 0 aliphatic heterocycles. The van der Waals surface area contributed by atoms with Gasteiger partial charge in [-0.25, -0.2) is 0 Å². The summed E-state index contributed by atoms with van der Waals surface area (Å²) in [6.07, 6.45) is 1.16. The lowest BCUT2D eigenvalue weighted by molar-refractivity contribution is 0.477. The fourth-order valence-electron chi connectivity index (χ4n) is 2.29. The van der Waals surface area contributed by atoms with Gasteiger partial charge in [0.05, 0.1) is 0 Å². The molecule has 0 aromatic heterocycles. The van der Waals surface area contributed by atoms with Crippen LogP contribution < -0.4 is 10.1 Å². The summed E-state index contributed by atoms with van der Waals surface area (Å²) >= 11 is 0. The Morgan fingerprint density at radius 2 is 1.81 bits per heavy atom. The van der Waals surface area contributed by atoms with Crippen molar-refractivity contribution in [2.24, 2.45) is 0 Å². The summed E-state index contributed by atoms with van der Waals surface area (Å²) < 4.78 is 6.03. The molecule has 2 aromatic carbocycles. The van der Waals surface area contributed by atoms with Gasteiger partial charge in [0.1, 0.15) is 11.5 Å². The van der Waals surface area contributed by atoms with E-state index in [1.54, 1.807) is 0 Å². The van der Waals surface area contributed by atoms with Gasteiger partial charge in [-0.05, 0) is 74.2 Å². The first kappa shape index (κ1) is 15.6. The molecule has 0 bridgehead atoms. The van der Waals surface area contributed by atoms with Crippen LogP contribution in [0.5, 0.6) is 11.5 Å². The molecule has 0 unspecified atom stereocenters. The number of benzene rings is 2. The minimum atomic E-state index is 0.903. The fraction of sp³-hybridized carbons (Fsp3) is 0.368. The third-order valence-electron chi connectivity index (χ3n) is 3.84. The highest BCUT2D eigenvalue weighted by Crippen LogP contribution is 2.28. The van der Waals surface area contributed by atoms with Crippen LogP contribution in [-0.4, -0.2) is 6.54 Å². The van der Waals surface area contributed by atoms with Crippen molar-refractivity contribution in [3.63, 3.8) is 0 Å². The Kier molecular flexibility index (Phi) is 5.40. The Morgan fingerprint density at radius 1 is 1.00 bits per heavy atom. The van der Waals surface area contributed by atoms with E-state index in [4.69, 9.17) is 4.74 Å². The number of ether oxygens (including phenoxy) is 1. The molecule has 2 heteroatoms. The lowest BCUT2D eigenvalue weighted by Gasteiger charge is -2.13. The normalized spacial score (nSPS) is 10.7. The van der Waals surface area contributed by atoms with Crippen molar-refractivity contribution in [2.75, 3.05) is 6.54 Å². The van der Waals surface area contributed by atoms with Crippen molar-refractivity contribution in [3.05, 3.63) is 58.7 Å². The molecular formula is C19H25NO. The molecule has 0 aliphatic carbocycles. The molecule has 0 aliphatic rings. The van der Waals surface area contributed by atoms with E-state index in [9.17, 15) is 0 Å². The average molecular weight is 283 g/mol. The van der Waals surface area contributed by atoms with Gasteiger partial charge in [-0.1, -0.05) is 25.1 Å². The Hall–Kier alpha value is -1.80. The molecule has 0 spiro atoms. The molecule has 0 radical (unpaired) electrons. The molecule has 2 nitrogen and oxygen atoms in total. The van der Waals surface area contributed by atoms with Crippen LogP contribution >= 0.6 is 0 Å². The van der Waals surface area contributed by atoms with Crippen LogP contribution in [0.2, 0.25) is 0 Å². The lowest BCUT2D eigenvalue weighted by atomic mass is 10.1. The van der Waals surface area contributed by atoms with E-state index in [0.29, 0.717) is 0 Å². The highest BCUT2D eigenvalue weighted by atomic mass is 16.5. The van der Waals surface area contributed by atoms with Crippen LogP contribution in [0.15, 0.2) is 36.4 Å². The Labute approximate surface area is 128 Å². The molecule has 1 N–H and O–H groups in total. The maximum atomic E-state index is 6.03. The zero-order valence-corrected chi connectivity index (χ0v) is 13.5. The van der Waals surface area contributed by atoms with Crippen molar-refractivity contribution >= 4 is 0 Å². The van der Waals surface area contributed by atoms with Gasteiger partial charge in [-0.3, -0.25) is 0 Å². The van der Waals surface area contributed by atoms with E-state index < -0.39 is 0 Å². The Morgan fingerprint density at radius 3 is 2.52 bits per heavy atom. The van der Waals surface area contributed by atoms with E-state index >= 15 is 0 Å². The second-order valence-corrected chi connectivity index (χ2v) is 5.57. The highest BCUT2D eigenvalue weighted by Gasteiger charge is 2.05. The SMILES string of the molecule is CCCNCc1ccc(Oc2cccc(C)c2C)cc1C. The minimum absolute atomic E-state index is 0.903. The molecule has 0 amide bonds. The van der Waals surface area contributed by atoms with Gasteiger partial charge >= 0.3 is 0 Å². The second-order valence-electron chi connectivity index (χ2n) is 5.57. The van der Waals surface area contributed by atoms with E-state index in [-0.39, 0.29) is 0 Å². The summed E-state index contributed by atoms with van der Waals surface area (Å²) in [7, 11) is 0. The molecule has 112 valence electrons. The summed E-state index contributed by atoms with van der Waals surface area (Å²) in [5, 5.41) is 3.44. The number of hydrogen-bond donors (Lipinski definition) is 1. The number of aryl methyl sites for hydroxylation is 2. The first-order valence-electron chi connectivity index (χ1n) is 7.66. The first-order valence-corrected chi connectivity index (χ1v) is 7.66. The molecule has 0 fully saturated rings. The highest BCUT2D eigenvalue weighted by molar-refractivity contribution is 5.43. The van der Waals surface area contributed by atoms with Gasteiger partial charge in [-0.15, -0.1) is 0 Å². The van der Waals surface area contributed by atoms with Gasteiger partial charge in [0.2, 0.25) is 0 Å². The Bertz CT molecular complexity index is 605. The maximum Gasteiger partial charge on any atom is 0.130 e. The predicted octanol–water partition coefficient (Wildman–Crippen LogP) is 4.90. The van der Waals surface area contributed by atoms with Crippen LogP contribution in [0.3, 0.4) is 0 Å². The van der Waals surface area contributed by atoms with Crippen LogP contribution in [0.1, 0.15) is 35.6 Å². The molecule has 0 atom stereocenters. The molecule has 2 rings (SSSR count). The van der Waals surface area contributed by atoms with E-state index in [0.717, 1.165) is 31.0 Å². The summed E-state index contributed by atoms with van der Waals surface area (Å²) in [5.41, 5.74) is 5.05. The topological polar surface area (TPSA) is 21.3 Å². The van der Waals surface area contributed by atoms with Crippen LogP contribution in [0, 0.1) is 20.8 Å². The Balaban J connectivity index is 2.11. The van der Waals surface area contributed by atoms with E-state index in [1.807, 2.05) is 12.1 Å². The molecule has 0 heterocycles. The van der Waals surface area contributed by atoms with Gasteiger partial charge in [0.15, 0.2) is 0 Å². The molecule has 21 heavy (non-hydrogen) atoms. The molecule has 2 aromatic rings. The number of hydrogen-bond acceptors (Lipinski definition) is 2. The van der Waals surface area contributed by atoms with Crippen molar-refractivity contribution < 1.29 is 4.74 Å². The van der Waals surface area contributed by atoms with Crippen molar-refractivity contribution in [3.8, 4) is 11.5 Å². The van der Waals surface area contributed by atoms with Crippen LogP contribution in [0.25, 0.3) is 0 Å². The zero-order valence-electron chi connectivity index (χ0n) is 13.5. The minimum Gasteiger partial charge on any atom is -0.457 e.